The summed E-state index contributed by atoms with van der Waals surface area (Å²) in [5, 5.41) is 0.974. The van der Waals surface area contributed by atoms with Gasteiger partial charge in [-0.05, 0) is 12.1 Å². The van der Waals surface area contributed by atoms with E-state index < -0.39 is 0 Å². The molecule has 0 saturated carbocycles. The Bertz CT molecular complexity index is 676. The first-order chi connectivity index (χ1) is 9.22. The van der Waals surface area contributed by atoms with E-state index in [9.17, 15) is 9.59 Å². The van der Waals surface area contributed by atoms with Crippen LogP contribution in [0.1, 0.15) is 29.3 Å². The highest BCUT2D eigenvalue weighted by Crippen LogP contribution is 2.20. The van der Waals surface area contributed by atoms with Crippen LogP contribution >= 0.6 is 11.8 Å². The number of hydrogen-bond acceptors (Lipinski definition) is 3. The summed E-state index contributed by atoms with van der Waals surface area (Å²) in [7, 11) is 0. The molecule has 4 heteroatoms. The van der Waals surface area contributed by atoms with Crippen LogP contribution < -0.4 is 0 Å². The van der Waals surface area contributed by atoms with Gasteiger partial charge in [-0.1, -0.05) is 29.7 Å². The van der Waals surface area contributed by atoms with Crippen LogP contribution in [0.15, 0.2) is 24.4 Å². The zero-order chi connectivity index (χ0) is 13.7. The third-order valence-corrected chi connectivity index (χ3v) is 3.43. The molecular formula is C15H13NO2S. The molecule has 1 heterocycles. The number of fused-ring (bicyclic) bond motifs is 1. The van der Waals surface area contributed by atoms with E-state index in [0.29, 0.717) is 17.7 Å². The number of carbonyl (C=O) groups excluding carboxylic acids is 2. The van der Waals surface area contributed by atoms with Gasteiger partial charge in [0.05, 0.1) is 0 Å². The molecule has 0 unspecified atom stereocenters. The van der Waals surface area contributed by atoms with Crippen molar-refractivity contribution < 1.29 is 9.59 Å². The molecule has 0 atom stereocenters. The SMILES string of the molecule is CC(=O)SCCC#Cc1cccc2[nH]cc(C=O)c12. The minimum Gasteiger partial charge on any atom is -0.360 e. The van der Waals surface area contributed by atoms with Crippen molar-refractivity contribution in [3.05, 3.63) is 35.5 Å². The van der Waals surface area contributed by atoms with Gasteiger partial charge in [0, 0.05) is 47.3 Å². The minimum atomic E-state index is 0.109. The number of aldehydes is 1. The summed E-state index contributed by atoms with van der Waals surface area (Å²) < 4.78 is 0. The molecule has 3 nitrogen and oxygen atoms in total. The molecule has 19 heavy (non-hydrogen) atoms. The van der Waals surface area contributed by atoms with Crippen LogP contribution in [0, 0.1) is 11.8 Å². The molecule has 0 amide bonds. The summed E-state index contributed by atoms with van der Waals surface area (Å²) in [4.78, 5) is 24.8. The van der Waals surface area contributed by atoms with Crippen molar-refractivity contribution in [1.82, 2.24) is 4.98 Å². The van der Waals surface area contributed by atoms with Crippen LogP contribution in [0.4, 0.5) is 0 Å². The van der Waals surface area contributed by atoms with Crippen LogP contribution in [-0.2, 0) is 4.79 Å². The molecule has 0 aliphatic heterocycles. The number of H-pyrrole nitrogens is 1. The lowest BCUT2D eigenvalue weighted by Gasteiger charge is -1.95. The van der Waals surface area contributed by atoms with Gasteiger partial charge in [0.2, 0.25) is 0 Å². The molecule has 2 aromatic rings. The Morgan fingerprint density at radius 3 is 3.05 bits per heavy atom. The van der Waals surface area contributed by atoms with Gasteiger partial charge in [-0.3, -0.25) is 9.59 Å². The van der Waals surface area contributed by atoms with E-state index in [-0.39, 0.29) is 5.12 Å². The average molecular weight is 271 g/mol. The normalized spacial score (nSPS) is 9.95. The van der Waals surface area contributed by atoms with Crippen LogP contribution in [0.25, 0.3) is 10.9 Å². The van der Waals surface area contributed by atoms with E-state index in [1.54, 1.807) is 13.1 Å². The molecule has 2 rings (SSSR count). The van der Waals surface area contributed by atoms with Crippen molar-refractivity contribution >= 4 is 34.1 Å². The standard InChI is InChI=1S/C15H13NO2S/c1-11(18)19-8-3-2-5-12-6-4-7-14-15(12)13(10-17)9-16-14/h4,6-7,9-10,16H,3,8H2,1H3. The Morgan fingerprint density at radius 2 is 2.32 bits per heavy atom. The molecular weight excluding hydrogens is 258 g/mol. The van der Waals surface area contributed by atoms with Crippen LogP contribution in [0.3, 0.4) is 0 Å². The number of nitrogens with one attached hydrogen (secondary N) is 1. The predicted molar refractivity (Wildman–Crippen MR) is 78.3 cm³/mol. The second-order valence-electron chi connectivity index (χ2n) is 3.98. The molecule has 0 bridgehead atoms. The van der Waals surface area contributed by atoms with Crippen molar-refractivity contribution in [2.24, 2.45) is 0 Å². The van der Waals surface area contributed by atoms with Crippen LogP contribution in [-0.4, -0.2) is 22.1 Å². The first kappa shape index (κ1) is 13.4. The number of thioether (sulfide) groups is 1. The maximum Gasteiger partial charge on any atom is 0.185 e. The van der Waals surface area contributed by atoms with Crippen molar-refractivity contribution in [1.29, 1.82) is 0 Å². The highest BCUT2D eigenvalue weighted by Gasteiger charge is 2.05. The Balaban J connectivity index is 2.21. The highest BCUT2D eigenvalue weighted by atomic mass is 32.2. The van der Waals surface area contributed by atoms with Crippen LogP contribution in [0.5, 0.6) is 0 Å². The third-order valence-electron chi connectivity index (χ3n) is 2.62. The molecule has 0 saturated heterocycles. The van der Waals surface area contributed by atoms with Gasteiger partial charge < -0.3 is 4.98 Å². The van der Waals surface area contributed by atoms with Crippen molar-refractivity contribution in [2.75, 3.05) is 5.75 Å². The summed E-state index contributed by atoms with van der Waals surface area (Å²) in [6, 6.07) is 5.72. The lowest BCUT2D eigenvalue weighted by Crippen LogP contribution is -1.85. The minimum absolute atomic E-state index is 0.109. The lowest BCUT2D eigenvalue weighted by atomic mass is 10.1. The van der Waals surface area contributed by atoms with Crippen LogP contribution in [0.2, 0.25) is 0 Å². The van der Waals surface area contributed by atoms with Gasteiger partial charge in [0.25, 0.3) is 0 Å². The molecule has 96 valence electrons. The summed E-state index contributed by atoms with van der Waals surface area (Å²) in [6.07, 6.45) is 3.17. The number of hydrogen-bond donors (Lipinski definition) is 1. The van der Waals surface area contributed by atoms with Crippen molar-refractivity contribution in [3.63, 3.8) is 0 Å². The maximum absolute atomic E-state index is 11.0. The average Bonchev–Trinajstić information content (AvgIpc) is 2.82. The first-order valence-electron chi connectivity index (χ1n) is 5.90. The Kier molecular flexibility index (Phi) is 4.43. The van der Waals surface area contributed by atoms with Gasteiger partial charge >= 0.3 is 0 Å². The second-order valence-corrected chi connectivity index (χ2v) is 5.25. The van der Waals surface area contributed by atoms with E-state index in [0.717, 1.165) is 22.8 Å². The Hall–Kier alpha value is -1.99. The van der Waals surface area contributed by atoms with Gasteiger partial charge in [-0.15, -0.1) is 0 Å². The first-order valence-corrected chi connectivity index (χ1v) is 6.88. The summed E-state index contributed by atoms with van der Waals surface area (Å²) in [5.74, 6) is 6.81. The molecule has 0 spiro atoms. The summed E-state index contributed by atoms with van der Waals surface area (Å²) >= 11 is 1.28. The Labute approximate surface area is 115 Å². The quantitative estimate of drug-likeness (QED) is 0.530. The maximum atomic E-state index is 11.0. The fourth-order valence-electron chi connectivity index (χ4n) is 1.81. The predicted octanol–water partition coefficient (Wildman–Crippen LogP) is 3.00. The molecule has 0 radical (unpaired) electrons. The van der Waals surface area contributed by atoms with E-state index in [2.05, 4.69) is 16.8 Å². The third kappa shape index (κ3) is 3.27. The zero-order valence-electron chi connectivity index (χ0n) is 10.5. The fourth-order valence-corrected chi connectivity index (χ4v) is 2.30. The second kappa shape index (κ2) is 6.26. The number of aromatic amines is 1. The fraction of sp³-hybridized carbons (Fsp3) is 0.200. The van der Waals surface area contributed by atoms with Gasteiger partial charge in [-0.25, -0.2) is 0 Å². The number of rotatable bonds is 3. The lowest BCUT2D eigenvalue weighted by molar-refractivity contribution is -0.109. The number of benzene rings is 1. The van der Waals surface area contributed by atoms with Gasteiger partial charge in [-0.2, -0.15) is 0 Å². The molecule has 1 aromatic heterocycles. The summed E-state index contributed by atoms with van der Waals surface area (Å²) in [5.41, 5.74) is 2.37. The summed E-state index contributed by atoms with van der Waals surface area (Å²) in [6.45, 7) is 1.55. The Morgan fingerprint density at radius 1 is 1.47 bits per heavy atom. The molecule has 1 aromatic carbocycles. The van der Waals surface area contributed by atoms with Gasteiger partial charge in [0.1, 0.15) is 0 Å². The molecule has 0 aliphatic rings. The zero-order valence-corrected chi connectivity index (χ0v) is 11.3. The van der Waals surface area contributed by atoms with Gasteiger partial charge in [0.15, 0.2) is 11.4 Å². The topological polar surface area (TPSA) is 49.9 Å². The monoisotopic (exact) mass is 271 g/mol. The number of carbonyl (C=O) groups is 2. The van der Waals surface area contributed by atoms with E-state index in [4.69, 9.17) is 0 Å². The smallest absolute Gasteiger partial charge is 0.185 e. The molecule has 0 fully saturated rings. The molecule has 0 aliphatic carbocycles. The largest absolute Gasteiger partial charge is 0.360 e. The van der Waals surface area contributed by atoms with Crippen molar-refractivity contribution in [2.45, 2.75) is 13.3 Å². The number of aromatic nitrogens is 1. The van der Waals surface area contributed by atoms with E-state index in [1.165, 1.54) is 11.8 Å². The molecule has 1 N–H and O–H groups in total. The van der Waals surface area contributed by atoms with E-state index >= 15 is 0 Å². The van der Waals surface area contributed by atoms with E-state index in [1.807, 2.05) is 18.2 Å². The van der Waals surface area contributed by atoms with Crippen molar-refractivity contribution in [3.8, 4) is 11.8 Å². The highest BCUT2D eigenvalue weighted by molar-refractivity contribution is 8.13.